The highest BCUT2D eigenvalue weighted by atomic mass is 16.7. The van der Waals surface area contributed by atoms with Gasteiger partial charge in [0.15, 0.2) is 0 Å². The van der Waals surface area contributed by atoms with Crippen molar-refractivity contribution in [3.05, 3.63) is 25.3 Å². The number of unbranched alkanes of at least 4 members (excludes halogenated alkanes) is 1. The van der Waals surface area contributed by atoms with Gasteiger partial charge in [-0.1, -0.05) is 12.2 Å². The van der Waals surface area contributed by atoms with E-state index in [4.69, 9.17) is 9.47 Å². The van der Waals surface area contributed by atoms with Crippen LogP contribution in [0.25, 0.3) is 0 Å². The monoisotopic (exact) mass is 458 g/mol. The molecule has 0 N–H and O–H groups in total. The van der Waals surface area contributed by atoms with Crippen molar-refractivity contribution in [2.45, 2.75) is 78.8 Å². The maximum absolute atomic E-state index is 10.6. The fourth-order valence-electron chi connectivity index (χ4n) is 1.67. The highest BCUT2D eigenvalue weighted by Gasteiger charge is 2.14. The molecule has 0 radical (unpaired) electrons. The number of rotatable bonds is 13. The third-order valence-electron chi connectivity index (χ3n) is 2.80. The van der Waals surface area contributed by atoms with Gasteiger partial charge in [-0.3, -0.25) is 19.2 Å². The minimum atomic E-state index is -0.944. The van der Waals surface area contributed by atoms with E-state index in [2.05, 4.69) is 22.6 Å². The highest BCUT2D eigenvalue weighted by Crippen LogP contribution is 2.06. The number of carbonyl (C=O) groups is 6. The Bertz CT molecular complexity index is 514. The summed E-state index contributed by atoms with van der Waals surface area (Å²) in [6.07, 6.45) is 6.11. The first kappa shape index (κ1) is 33.3. The van der Waals surface area contributed by atoms with E-state index in [1.165, 1.54) is 27.7 Å². The Morgan fingerprint density at radius 3 is 1.12 bits per heavy atom. The molecule has 0 spiro atoms. The third kappa shape index (κ3) is 31.4. The predicted molar refractivity (Wildman–Crippen MR) is 115 cm³/mol. The largest absolute Gasteiger partial charge is 0.425 e. The van der Waals surface area contributed by atoms with Crippen LogP contribution in [0.1, 0.15) is 66.2 Å². The Balaban J connectivity index is -0.000000422. The normalized spacial score (nSPS) is 9.06. The Hall–Kier alpha value is -3.30. The molecule has 0 unspecified atom stereocenters. The summed E-state index contributed by atoms with van der Waals surface area (Å²) in [6, 6.07) is 0. The van der Waals surface area contributed by atoms with Gasteiger partial charge in [-0.2, -0.15) is 0 Å². The zero-order valence-corrected chi connectivity index (χ0v) is 19.2. The molecule has 0 saturated carbocycles. The lowest BCUT2D eigenvalue weighted by atomic mass is 10.3. The topological polar surface area (TPSA) is 139 Å². The number of esters is 4. The van der Waals surface area contributed by atoms with E-state index >= 15 is 0 Å². The first-order valence-electron chi connectivity index (χ1n) is 9.81. The van der Waals surface area contributed by atoms with Gasteiger partial charge in [-0.15, -0.1) is 13.2 Å². The first-order valence-corrected chi connectivity index (χ1v) is 9.81. The summed E-state index contributed by atoms with van der Waals surface area (Å²) in [7, 11) is 0. The van der Waals surface area contributed by atoms with Crippen LogP contribution in [0.5, 0.6) is 0 Å². The third-order valence-corrected chi connectivity index (χ3v) is 2.80. The molecule has 0 saturated heterocycles. The Labute approximate surface area is 188 Å². The van der Waals surface area contributed by atoms with E-state index in [1.54, 1.807) is 12.2 Å². The van der Waals surface area contributed by atoms with Gasteiger partial charge < -0.3 is 28.5 Å². The summed E-state index contributed by atoms with van der Waals surface area (Å²) in [5.74, 6) is -2.01. The van der Waals surface area contributed by atoms with Crippen LogP contribution in [0.15, 0.2) is 25.3 Å². The van der Waals surface area contributed by atoms with Gasteiger partial charge in [-0.05, 0) is 12.8 Å². The molecular weight excluding hydrogens is 424 g/mol. The van der Waals surface area contributed by atoms with Crippen molar-refractivity contribution in [3.63, 3.8) is 0 Å². The van der Waals surface area contributed by atoms with Crippen LogP contribution in [0.3, 0.4) is 0 Å². The van der Waals surface area contributed by atoms with E-state index in [9.17, 15) is 28.8 Å². The number of allylic oxidation sites excluding steroid dienone is 2. The summed E-state index contributed by atoms with van der Waals surface area (Å²) in [5.41, 5.74) is 0. The summed E-state index contributed by atoms with van der Waals surface area (Å²) in [5, 5.41) is 0. The first-order chi connectivity index (χ1) is 15.0. The number of carbonyl (C=O) groups excluding carboxylic acids is 6. The van der Waals surface area contributed by atoms with E-state index < -0.39 is 36.5 Å². The quantitative estimate of drug-likeness (QED) is 0.133. The summed E-state index contributed by atoms with van der Waals surface area (Å²) >= 11 is 0. The maximum atomic E-state index is 10.6. The molecule has 0 aliphatic carbocycles. The fraction of sp³-hybridized carbons (Fsp3) is 0.545. The lowest BCUT2D eigenvalue weighted by Crippen LogP contribution is -2.22. The second kappa shape index (κ2) is 24.0. The van der Waals surface area contributed by atoms with Crippen LogP contribution >= 0.6 is 0 Å². The van der Waals surface area contributed by atoms with Crippen molar-refractivity contribution in [1.29, 1.82) is 0 Å². The lowest BCUT2D eigenvalue weighted by molar-refractivity contribution is -0.187. The SMILES string of the molecule is C=CCCC(OC(C)=O)OC(C)=O.C=CCCC=O.CC(=O)OC(CCC=O)OC(C)=O. The van der Waals surface area contributed by atoms with Gasteiger partial charge >= 0.3 is 23.9 Å². The smallest absolute Gasteiger partial charge is 0.305 e. The summed E-state index contributed by atoms with van der Waals surface area (Å²) in [4.78, 5) is 61.6. The van der Waals surface area contributed by atoms with E-state index in [0.29, 0.717) is 25.5 Å². The van der Waals surface area contributed by atoms with Crippen LogP contribution < -0.4 is 0 Å². The molecule has 182 valence electrons. The molecule has 0 aromatic rings. The van der Waals surface area contributed by atoms with E-state index in [-0.39, 0.29) is 12.8 Å². The lowest BCUT2D eigenvalue weighted by Gasteiger charge is -2.15. The molecule has 0 aromatic heterocycles. The molecule has 0 heterocycles. The second-order valence-electron chi connectivity index (χ2n) is 5.94. The van der Waals surface area contributed by atoms with Crippen molar-refractivity contribution in [2.75, 3.05) is 0 Å². The van der Waals surface area contributed by atoms with Gasteiger partial charge in [0.05, 0.1) is 0 Å². The van der Waals surface area contributed by atoms with Crippen molar-refractivity contribution < 1.29 is 47.7 Å². The average molecular weight is 459 g/mol. The van der Waals surface area contributed by atoms with Gasteiger partial charge in [0.1, 0.15) is 12.6 Å². The maximum Gasteiger partial charge on any atom is 0.305 e. The van der Waals surface area contributed by atoms with Crippen LogP contribution in [-0.2, 0) is 47.7 Å². The van der Waals surface area contributed by atoms with Gasteiger partial charge in [-0.25, -0.2) is 0 Å². The number of hydrogen-bond acceptors (Lipinski definition) is 10. The fourth-order valence-corrected chi connectivity index (χ4v) is 1.67. The number of ether oxygens (including phenoxy) is 4. The summed E-state index contributed by atoms with van der Waals surface area (Å²) in [6.45, 7) is 11.9. The van der Waals surface area contributed by atoms with Gasteiger partial charge in [0.2, 0.25) is 12.6 Å². The molecule has 0 fully saturated rings. The standard InChI is InChI=1S/C9H14O4.C8H12O5.C5H8O/c1-4-5-6-9(12-7(2)10)13-8(3)11;1-6(10)12-8(4-3-5-9)13-7(2)11;1-2-3-4-5-6/h4,9H,1,5-6H2,2-3H3;5,8H,3-4H2,1-2H3;2,5H,1,3-4H2. The second-order valence-corrected chi connectivity index (χ2v) is 5.94. The minimum Gasteiger partial charge on any atom is -0.425 e. The Morgan fingerprint density at radius 2 is 0.906 bits per heavy atom. The van der Waals surface area contributed by atoms with E-state index in [1.807, 2.05) is 0 Å². The Kier molecular flexibility index (Phi) is 25.0. The molecule has 0 aromatic carbocycles. The predicted octanol–water partition coefficient (Wildman–Crippen LogP) is 2.97. The molecular formula is C22H34O10. The van der Waals surface area contributed by atoms with Crippen molar-refractivity contribution in [2.24, 2.45) is 0 Å². The number of aldehydes is 2. The minimum absolute atomic E-state index is 0.186. The van der Waals surface area contributed by atoms with Crippen LogP contribution in [0.4, 0.5) is 0 Å². The van der Waals surface area contributed by atoms with Crippen molar-refractivity contribution in [1.82, 2.24) is 0 Å². The van der Waals surface area contributed by atoms with Crippen LogP contribution in [0.2, 0.25) is 0 Å². The molecule has 0 rings (SSSR count). The molecule has 0 amide bonds. The number of hydrogen-bond donors (Lipinski definition) is 0. The van der Waals surface area contributed by atoms with Crippen LogP contribution in [-0.4, -0.2) is 49.0 Å². The molecule has 0 aliphatic rings. The highest BCUT2D eigenvalue weighted by molar-refractivity contribution is 5.68. The van der Waals surface area contributed by atoms with Crippen LogP contribution in [0, 0.1) is 0 Å². The zero-order valence-electron chi connectivity index (χ0n) is 19.2. The molecule has 0 atom stereocenters. The molecule has 10 nitrogen and oxygen atoms in total. The van der Waals surface area contributed by atoms with Crippen molar-refractivity contribution in [3.8, 4) is 0 Å². The molecule has 32 heavy (non-hydrogen) atoms. The molecule has 10 heteroatoms. The molecule has 0 aliphatic heterocycles. The van der Waals surface area contributed by atoms with Gasteiger partial charge in [0.25, 0.3) is 0 Å². The van der Waals surface area contributed by atoms with Crippen molar-refractivity contribution >= 4 is 36.4 Å². The average Bonchev–Trinajstić information content (AvgIpc) is 2.68. The molecule has 0 bridgehead atoms. The zero-order chi connectivity index (χ0) is 25.4. The van der Waals surface area contributed by atoms with Gasteiger partial charge in [0, 0.05) is 53.4 Å². The van der Waals surface area contributed by atoms with E-state index in [0.717, 1.165) is 12.7 Å². The Morgan fingerprint density at radius 1 is 0.594 bits per heavy atom. The summed E-state index contributed by atoms with van der Waals surface area (Å²) < 4.78 is 18.7.